The quantitative estimate of drug-likeness (QED) is 0.665. The van der Waals surface area contributed by atoms with Crippen LogP contribution < -0.4 is 5.56 Å². The Balaban J connectivity index is 0.000000637. The molecule has 3 aromatic rings. The van der Waals surface area contributed by atoms with Crippen LogP contribution in [0.4, 0.5) is 0 Å². The Hall–Kier alpha value is -2.42. The van der Waals surface area contributed by atoms with Crippen LogP contribution in [-0.2, 0) is 0 Å². The molecule has 0 fully saturated rings. The molecule has 0 amide bonds. The molecule has 0 saturated heterocycles. The van der Waals surface area contributed by atoms with Gasteiger partial charge in [-0.15, -0.1) is 0 Å². The summed E-state index contributed by atoms with van der Waals surface area (Å²) < 4.78 is 1.53. The van der Waals surface area contributed by atoms with E-state index >= 15 is 0 Å². The second kappa shape index (κ2) is 5.96. The Kier molecular flexibility index (Phi) is 4.08. The molecule has 2 aromatic heterocycles. The molecule has 3 rings (SSSR count). The molecule has 0 saturated carbocycles. The van der Waals surface area contributed by atoms with Gasteiger partial charge >= 0.3 is 0 Å². The molecule has 0 aliphatic heterocycles. The first kappa shape index (κ1) is 13.0. The molecule has 0 unspecified atom stereocenters. The van der Waals surface area contributed by atoms with Gasteiger partial charge < -0.3 is 0 Å². The highest BCUT2D eigenvalue weighted by Crippen LogP contribution is 2.14. The number of hydrogen-bond donors (Lipinski definition) is 0. The molecule has 0 aliphatic carbocycles. The molecule has 0 bridgehead atoms. The lowest BCUT2D eigenvalue weighted by molar-refractivity contribution is 1.05. The van der Waals surface area contributed by atoms with Crippen LogP contribution in [0.15, 0.2) is 65.6 Å². The van der Waals surface area contributed by atoms with Crippen molar-refractivity contribution in [3.63, 3.8) is 0 Å². The van der Waals surface area contributed by atoms with Gasteiger partial charge in [0.2, 0.25) is 0 Å². The van der Waals surface area contributed by atoms with E-state index in [4.69, 9.17) is 0 Å². The summed E-state index contributed by atoms with van der Waals surface area (Å²) in [5.41, 5.74) is 2.27. The number of fused-ring (bicyclic) bond motifs is 1. The first-order valence-electron chi connectivity index (χ1n) is 6.38. The molecule has 0 spiro atoms. The maximum absolute atomic E-state index is 11.9. The lowest BCUT2D eigenvalue weighted by Gasteiger charge is -2.03. The van der Waals surface area contributed by atoms with Crippen LogP contribution in [0.5, 0.6) is 0 Å². The van der Waals surface area contributed by atoms with Crippen molar-refractivity contribution in [1.82, 2.24) is 9.38 Å². The maximum atomic E-state index is 11.9. The molecule has 19 heavy (non-hydrogen) atoms. The van der Waals surface area contributed by atoms with Gasteiger partial charge in [0.15, 0.2) is 0 Å². The fraction of sp³-hybridized carbons (Fsp3) is 0.125. The van der Waals surface area contributed by atoms with E-state index in [1.807, 2.05) is 62.4 Å². The average Bonchev–Trinajstić information content (AvgIpc) is 2.50. The molecule has 1 aromatic carbocycles. The van der Waals surface area contributed by atoms with Crippen molar-refractivity contribution in [2.24, 2.45) is 0 Å². The van der Waals surface area contributed by atoms with Gasteiger partial charge in [0.25, 0.3) is 5.56 Å². The van der Waals surface area contributed by atoms with Gasteiger partial charge in [-0.2, -0.15) is 0 Å². The van der Waals surface area contributed by atoms with Crippen LogP contribution in [0, 0.1) is 0 Å². The Bertz CT molecular complexity index is 717. The molecule has 0 radical (unpaired) electrons. The minimum absolute atomic E-state index is 0.0607. The minimum atomic E-state index is -0.0607. The topological polar surface area (TPSA) is 34.4 Å². The van der Waals surface area contributed by atoms with E-state index in [1.54, 1.807) is 12.3 Å². The van der Waals surface area contributed by atoms with Gasteiger partial charge in [-0.3, -0.25) is 9.20 Å². The zero-order valence-corrected chi connectivity index (χ0v) is 11.1. The van der Waals surface area contributed by atoms with Crippen LogP contribution in [0.25, 0.3) is 16.9 Å². The predicted molar refractivity (Wildman–Crippen MR) is 78.2 cm³/mol. The van der Waals surface area contributed by atoms with Crippen molar-refractivity contribution >= 4 is 5.65 Å². The van der Waals surface area contributed by atoms with E-state index in [2.05, 4.69) is 4.98 Å². The van der Waals surface area contributed by atoms with Gasteiger partial charge in [0.05, 0.1) is 5.69 Å². The molecule has 3 heteroatoms. The molecule has 2 heterocycles. The Morgan fingerprint density at radius 3 is 2.37 bits per heavy atom. The van der Waals surface area contributed by atoms with E-state index < -0.39 is 0 Å². The molecule has 96 valence electrons. The Labute approximate surface area is 112 Å². The smallest absolute Gasteiger partial charge is 0.258 e. The van der Waals surface area contributed by atoms with E-state index in [0.29, 0.717) is 11.3 Å². The third-order valence-corrected chi connectivity index (χ3v) is 2.64. The summed E-state index contributed by atoms with van der Waals surface area (Å²) >= 11 is 0. The summed E-state index contributed by atoms with van der Waals surface area (Å²) in [4.78, 5) is 16.4. The van der Waals surface area contributed by atoms with Gasteiger partial charge in [-0.05, 0) is 12.1 Å². The van der Waals surface area contributed by atoms with Gasteiger partial charge in [0.1, 0.15) is 5.65 Å². The highest BCUT2D eigenvalue weighted by molar-refractivity contribution is 5.61. The zero-order chi connectivity index (χ0) is 13.7. The lowest BCUT2D eigenvalue weighted by atomic mass is 10.1. The predicted octanol–water partition coefficient (Wildman–Crippen LogP) is 3.39. The number of hydrogen-bond acceptors (Lipinski definition) is 2. The monoisotopic (exact) mass is 252 g/mol. The third kappa shape index (κ3) is 2.71. The maximum Gasteiger partial charge on any atom is 0.258 e. The molecule has 0 atom stereocenters. The van der Waals surface area contributed by atoms with Crippen LogP contribution >= 0.6 is 0 Å². The first-order chi connectivity index (χ1) is 9.34. The molecule has 0 N–H and O–H groups in total. The summed E-state index contributed by atoms with van der Waals surface area (Å²) in [5.74, 6) is 0. The van der Waals surface area contributed by atoms with Crippen molar-refractivity contribution in [1.29, 1.82) is 0 Å². The minimum Gasteiger partial charge on any atom is -0.269 e. The molecule has 3 nitrogen and oxygen atoms in total. The van der Waals surface area contributed by atoms with Crippen LogP contribution in [0.3, 0.4) is 0 Å². The van der Waals surface area contributed by atoms with E-state index in [9.17, 15) is 4.79 Å². The fourth-order valence-electron chi connectivity index (χ4n) is 1.81. The fourth-order valence-corrected chi connectivity index (χ4v) is 1.81. The van der Waals surface area contributed by atoms with Gasteiger partial charge in [0, 0.05) is 17.8 Å². The number of benzene rings is 1. The number of rotatable bonds is 1. The SMILES string of the molecule is CC.O=c1cc(-c2ccccc2)nc2ccccn12. The highest BCUT2D eigenvalue weighted by atomic mass is 16.1. The summed E-state index contributed by atoms with van der Waals surface area (Å²) in [6.07, 6.45) is 1.72. The number of pyridine rings is 1. The number of aromatic nitrogens is 2. The zero-order valence-electron chi connectivity index (χ0n) is 11.1. The second-order valence-electron chi connectivity index (χ2n) is 3.77. The van der Waals surface area contributed by atoms with Crippen LogP contribution in [0.1, 0.15) is 13.8 Å². The van der Waals surface area contributed by atoms with Crippen molar-refractivity contribution in [3.8, 4) is 11.3 Å². The second-order valence-corrected chi connectivity index (χ2v) is 3.77. The molecular weight excluding hydrogens is 236 g/mol. The van der Waals surface area contributed by atoms with Crippen molar-refractivity contribution in [2.45, 2.75) is 13.8 Å². The highest BCUT2D eigenvalue weighted by Gasteiger charge is 2.02. The average molecular weight is 252 g/mol. The van der Waals surface area contributed by atoms with Gasteiger partial charge in [-0.1, -0.05) is 50.2 Å². The van der Waals surface area contributed by atoms with E-state index in [0.717, 1.165) is 5.56 Å². The first-order valence-corrected chi connectivity index (χ1v) is 6.38. The summed E-state index contributed by atoms with van der Waals surface area (Å²) in [5, 5.41) is 0. The lowest BCUT2D eigenvalue weighted by Crippen LogP contribution is -2.13. The third-order valence-electron chi connectivity index (χ3n) is 2.64. The Morgan fingerprint density at radius 1 is 0.947 bits per heavy atom. The van der Waals surface area contributed by atoms with Crippen LogP contribution in [-0.4, -0.2) is 9.38 Å². The Morgan fingerprint density at radius 2 is 1.63 bits per heavy atom. The van der Waals surface area contributed by atoms with Gasteiger partial charge in [-0.25, -0.2) is 4.98 Å². The summed E-state index contributed by atoms with van der Waals surface area (Å²) in [6.45, 7) is 4.00. The standard InChI is InChI=1S/C14H10N2O.C2H6/c17-14-10-12(11-6-2-1-3-7-11)15-13-8-4-5-9-16(13)14;1-2/h1-10H;1-2H3. The number of nitrogens with zero attached hydrogens (tertiary/aromatic N) is 2. The molecular formula is C16H16N2O. The molecule has 0 aliphatic rings. The summed E-state index contributed by atoms with van der Waals surface area (Å²) in [7, 11) is 0. The van der Waals surface area contributed by atoms with Crippen molar-refractivity contribution in [2.75, 3.05) is 0 Å². The largest absolute Gasteiger partial charge is 0.269 e. The van der Waals surface area contributed by atoms with Crippen LogP contribution in [0.2, 0.25) is 0 Å². The summed E-state index contributed by atoms with van der Waals surface area (Å²) in [6, 6.07) is 16.8. The van der Waals surface area contributed by atoms with Crippen molar-refractivity contribution in [3.05, 3.63) is 71.1 Å². The van der Waals surface area contributed by atoms with E-state index in [-0.39, 0.29) is 5.56 Å². The van der Waals surface area contributed by atoms with Crippen molar-refractivity contribution < 1.29 is 0 Å². The normalized spacial score (nSPS) is 9.79. The van der Waals surface area contributed by atoms with E-state index in [1.165, 1.54) is 4.40 Å².